The lowest BCUT2D eigenvalue weighted by Crippen LogP contribution is -2.39. The van der Waals surface area contributed by atoms with Crippen LogP contribution in [-0.4, -0.2) is 34.3 Å². The van der Waals surface area contributed by atoms with Gasteiger partial charge in [-0.2, -0.15) is 5.10 Å². The number of rotatable bonds is 5. The molecule has 0 saturated carbocycles. The van der Waals surface area contributed by atoms with Gasteiger partial charge in [0, 0.05) is 25.4 Å². The van der Waals surface area contributed by atoms with Gasteiger partial charge in [-0.3, -0.25) is 9.58 Å². The molecule has 4 heteroatoms. The molecule has 0 aromatic carbocycles. The minimum absolute atomic E-state index is 0.348. The molecular formula is C14H26N4. The summed E-state index contributed by atoms with van der Waals surface area (Å²) in [6, 6.07) is 0.348. The summed E-state index contributed by atoms with van der Waals surface area (Å²) in [7, 11) is 1.96. The van der Waals surface area contributed by atoms with Crippen molar-refractivity contribution in [1.29, 1.82) is 0 Å². The van der Waals surface area contributed by atoms with E-state index in [1.54, 1.807) is 0 Å². The molecule has 2 heterocycles. The fourth-order valence-electron chi connectivity index (χ4n) is 3.07. The highest BCUT2D eigenvalue weighted by Gasteiger charge is 2.25. The van der Waals surface area contributed by atoms with Gasteiger partial charge in [0.15, 0.2) is 0 Å². The molecular weight excluding hydrogens is 224 g/mol. The second kappa shape index (κ2) is 6.34. The van der Waals surface area contributed by atoms with Gasteiger partial charge >= 0.3 is 0 Å². The zero-order chi connectivity index (χ0) is 13.0. The van der Waals surface area contributed by atoms with E-state index in [0.29, 0.717) is 12.6 Å². The molecule has 0 amide bonds. The van der Waals surface area contributed by atoms with E-state index in [4.69, 9.17) is 5.73 Å². The van der Waals surface area contributed by atoms with Crippen LogP contribution in [0, 0.1) is 5.92 Å². The van der Waals surface area contributed by atoms with Crippen molar-refractivity contribution in [3.63, 3.8) is 0 Å². The molecule has 0 aliphatic carbocycles. The average molecular weight is 250 g/mol. The van der Waals surface area contributed by atoms with E-state index in [-0.39, 0.29) is 0 Å². The Labute approximate surface area is 110 Å². The van der Waals surface area contributed by atoms with Crippen molar-refractivity contribution in [1.82, 2.24) is 14.7 Å². The molecule has 1 aliphatic rings. The first-order valence-corrected chi connectivity index (χ1v) is 7.17. The smallest absolute Gasteiger partial charge is 0.0538 e. The van der Waals surface area contributed by atoms with Gasteiger partial charge in [0.25, 0.3) is 0 Å². The van der Waals surface area contributed by atoms with Gasteiger partial charge in [-0.05, 0) is 31.8 Å². The molecule has 1 aromatic rings. The topological polar surface area (TPSA) is 47.1 Å². The lowest BCUT2D eigenvalue weighted by atomic mass is 9.91. The number of aryl methyl sites for hydroxylation is 1. The maximum atomic E-state index is 5.96. The predicted octanol–water partition coefficient (Wildman–Crippen LogP) is 1.93. The summed E-state index contributed by atoms with van der Waals surface area (Å²) in [5.74, 6) is 0.929. The van der Waals surface area contributed by atoms with Crippen molar-refractivity contribution in [2.75, 3.05) is 19.6 Å². The second-order valence-corrected chi connectivity index (χ2v) is 5.47. The number of nitrogens with zero attached hydrogens (tertiary/aromatic N) is 3. The summed E-state index contributed by atoms with van der Waals surface area (Å²) in [4.78, 5) is 2.53. The molecule has 1 aromatic heterocycles. The third-order valence-electron chi connectivity index (χ3n) is 4.12. The van der Waals surface area contributed by atoms with Crippen LogP contribution < -0.4 is 5.73 Å². The van der Waals surface area contributed by atoms with Crippen LogP contribution >= 0.6 is 0 Å². The minimum atomic E-state index is 0.348. The summed E-state index contributed by atoms with van der Waals surface area (Å²) >= 11 is 0. The van der Waals surface area contributed by atoms with E-state index >= 15 is 0 Å². The monoisotopic (exact) mass is 250 g/mol. The van der Waals surface area contributed by atoms with Crippen LogP contribution in [0.15, 0.2) is 12.4 Å². The lowest BCUT2D eigenvalue weighted by molar-refractivity contribution is 0.131. The van der Waals surface area contributed by atoms with Crippen LogP contribution in [0.1, 0.15) is 44.2 Å². The Hall–Kier alpha value is -0.870. The maximum Gasteiger partial charge on any atom is 0.0538 e. The highest BCUT2D eigenvalue weighted by atomic mass is 15.3. The second-order valence-electron chi connectivity index (χ2n) is 5.47. The predicted molar refractivity (Wildman–Crippen MR) is 74.2 cm³/mol. The molecule has 1 unspecified atom stereocenters. The lowest BCUT2D eigenvalue weighted by Gasteiger charge is -2.36. The molecule has 2 N–H and O–H groups in total. The zero-order valence-electron chi connectivity index (χ0n) is 11.7. The molecule has 102 valence electrons. The van der Waals surface area contributed by atoms with Gasteiger partial charge in [-0.25, -0.2) is 0 Å². The molecule has 1 aliphatic heterocycles. The van der Waals surface area contributed by atoms with Crippen molar-refractivity contribution in [2.45, 2.75) is 38.6 Å². The Morgan fingerprint density at radius 2 is 2.17 bits per heavy atom. The molecule has 0 spiro atoms. The van der Waals surface area contributed by atoms with E-state index in [1.807, 2.05) is 17.9 Å². The Morgan fingerprint density at radius 3 is 2.67 bits per heavy atom. The van der Waals surface area contributed by atoms with Crippen LogP contribution in [0.25, 0.3) is 0 Å². The van der Waals surface area contributed by atoms with Gasteiger partial charge in [0.1, 0.15) is 0 Å². The van der Waals surface area contributed by atoms with E-state index < -0.39 is 0 Å². The molecule has 2 rings (SSSR count). The molecule has 18 heavy (non-hydrogen) atoms. The molecule has 4 nitrogen and oxygen atoms in total. The number of hydrogen-bond acceptors (Lipinski definition) is 3. The molecule has 0 bridgehead atoms. The average Bonchev–Trinajstić information content (AvgIpc) is 2.79. The van der Waals surface area contributed by atoms with Gasteiger partial charge in [-0.1, -0.05) is 19.8 Å². The van der Waals surface area contributed by atoms with Crippen molar-refractivity contribution < 1.29 is 0 Å². The molecule has 1 fully saturated rings. The number of nitrogens with two attached hydrogens (primary N) is 1. The highest BCUT2D eigenvalue weighted by molar-refractivity contribution is 5.11. The molecule has 0 radical (unpaired) electrons. The van der Waals surface area contributed by atoms with Crippen molar-refractivity contribution >= 4 is 0 Å². The number of aromatic nitrogens is 2. The summed E-state index contributed by atoms with van der Waals surface area (Å²) in [6.07, 6.45) is 9.39. The third kappa shape index (κ3) is 3.12. The first-order valence-electron chi connectivity index (χ1n) is 7.17. The summed E-state index contributed by atoms with van der Waals surface area (Å²) < 4.78 is 1.86. The SMILES string of the molecule is CCCC1CCN(C(CN)c2cnn(C)c2)CC1. The van der Waals surface area contributed by atoms with Crippen LogP contribution in [0.3, 0.4) is 0 Å². The zero-order valence-corrected chi connectivity index (χ0v) is 11.7. The maximum absolute atomic E-state index is 5.96. The van der Waals surface area contributed by atoms with Crippen molar-refractivity contribution in [3.05, 3.63) is 18.0 Å². The van der Waals surface area contributed by atoms with E-state index in [0.717, 1.165) is 5.92 Å². The quantitative estimate of drug-likeness (QED) is 0.868. The van der Waals surface area contributed by atoms with E-state index in [2.05, 4.69) is 23.1 Å². The first-order chi connectivity index (χ1) is 8.74. The van der Waals surface area contributed by atoms with Crippen LogP contribution in [0.5, 0.6) is 0 Å². The van der Waals surface area contributed by atoms with E-state index in [9.17, 15) is 0 Å². The van der Waals surface area contributed by atoms with E-state index in [1.165, 1.54) is 44.3 Å². The normalized spacial score (nSPS) is 20.2. The largest absolute Gasteiger partial charge is 0.329 e. The van der Waals surface area contributed by atoms with Crippen molar-refractivity contribution in [3.8, 4) is 0 Å². The fraction of sp³-hybridized carbons (Fsp3) is 0.786. The van der Waals surface area contributed by atoms with Crippen molar-refractivity contribution in [2.24, 2.45) is 18.7 Å². The molecule has 1 saturated heterocycles. The highest BCUT2D eigenvalue weighted by Crippen LogP contribution is 2.28. The number of hydrogen-bond donors (Lipinski definition) is 1. The van der Waals surface area contributed by atoms with Crippen LogP contribution in [0.4, 0.5) is 0 Å². The standard InChI is InChI=1S/C14H26N4/c1-3-4-12-5-7-18(8-6-12)14(9-15)13-10-16-17(2)11-13/h10-12,14H,3-9,15H2,1-2H3. The Kier molecular flexibility index (Phi) is 4.78. The summed E-state index contributed by atoms with van der Waals surface area (Å²) in [5, 5.41) is 4.26. The first kappa shape index (κ1) is 13.6. The summed E-state index contributed by atoms with van der Waals surface area (Å²) in [6.45, 7) is 5.33. The van der Waals surface area contributed by atoms with Crippen LogP contribution in [0.2, 0.25) is 0 Å². The Bertz CT molecular complexity index is 352. The van der Waals surface area contributed by atoms with Crippen LogP contribution in [-0.2, 0) is 7.05 Å². The number of piperidine rings is 1. The summed E-state index contributed by atoms with van der Waals surface area (Å²) in [5.41, 5.74) is 7.22. The van der Waals surface area contributed by atoms with Gasteiger partial charge < -0.3 is 5.73 Å². The molecule has 1 atom stereocenters. The van der Waals surface area contributed by atoms with Gasteiger partial charge in [0.2, 0.25) is 0 Å². The number of likely N-dealkylation sites (tertiary alicyclic amines) is 1. The minimum Gasteiger partial charge on any atom is -0.329 e. The fourth-order valence-corrected chi connectivity index (χ4v) is 3.07. The van der Waals surface area contributed by atoms with Gasteiger partial charge in [-0.15, -0.1) is 0 Å². The van der Waals surface area contributed by atoms with Gasteiger partial charge in [0.05, 0.1) is 12.2 Å². The third-order valence-corrected chi connectivity index (χ3v) is 4.12. The Morgan fingerprint density at radius 1 is 1.44 bits per heavy atom. The Balaban J connectivity index is 1.94.